The van der Waals surface area contributed by atoms with Crippen LogP contribution in [0.3, 0.4) is 0 Å². The Labute approximate surface area is 203 Å². The van der Waals surface area contributed by atoms with Gasteiger partial charge in [-0.25, -0.2) is 18.9 Å². The summed E-state index contributed by atoms with van der Waals surface area (Å²) in [5.74, 6) is -0.730. The quantitative estimate of drug-likeness (QED) is 0.460. The number of ether oxygens (including phenoxy) is 1. The van der Waals surface area contributed by atoms with Crippen LogP contribution in [0.2, 0.25) is 0 Å². The standard InChI is InChI=1S/C24H19FN6O3S/c1-13(32)27-23-28-18-6-5-16-20(14-3-2-8-26-12-14)29-31(21(16)22(18)35-23)19-7-4-15(11-17(19)25)30-9-10-34-24(30)33/h2-4,7-8,11-12H,5-6,9-10H2,1H3,(H,27,28,32). The molecule has 0 unspecified atom stereocenters. The Morgan fingerprint density at radius 2 is 2.14 bits per heavy atom. The predicted molar refractivity (Wildman–Crippen MR) is 128 cm³/mol. The first-order chi connectivity index (χ1) is 17.0. The summed E-state index contributed by atoms with van der Waals surface area (Å²) in [6.45, 7) is 2.08. The summed E-state index contributed by atoms with van der Waals surface area (Å²) in [7, 11) is 0. The van der Waals surface area contributed by atoms with Crippen molar-refractivity contribution in [3.05, 3.63) is 59.8 Å². The average Bonchev–Trinajstić information content (AvgIpc) is 3.55. The van der Waals surface area contributed by atoms with Crippen molar-refractivity contribution >= 4 is 34.2 Å². The van der Waals surface area contributed by atoms with E-state index in [1.165, 1.54) is 29.2 Å². The summed E-state index contributed by atoms with van der Waals surface area (Å²) in [4.78, 5) is 34.6. The lowest BCUT2D eigenvalue weighted by Gasteiger charge is -2.16. The number of cyclic esters (lactones) is 1. The van der Waals surface area contributed by atoms with E-state index in [-0.39, 0.29) is 18.2 Å². The minimum absolute atomic E-state index is 0.206. The number of halogens is 1. The second-order valence-electron chi connectivity index (χ2n) is 8.21. The molecule has 176 valence electrons. The Bertz CT molecular complexity index is 1480. The maximum Gasteiger partial charge on any atom is 0.414 e. The van der Waals surface area contributed by atoms with Crippen molar-refractivity contribution in [3.8, 4) is 27.5 Å². The Morgan fingerprint density at radius 1 is 1.26 bits per heavy atom. The van der Waals surface area contributed by atoms with Gasteiger partial charge in [-0.2, -0.15) is 5.10 Å². The average molecular weight is 491 g/mol. The van der Waals surface area contributed by atoms with Gasteiger partial charge in [-0.05, 0) is 43.2 Å². The smallest absolute Gasteiger partial charge is 0.414 e. The molecule has 4 heterocycles. The van der Waals surface area contributed by atoms with E-state index in [1.54, 1.807) is 29.2 Å². The number of hydrogen-bond acceptors (Lipinski definition) is 7. The van der Waals surface area contributed by atoms with Gasteiger partial charge in [-0.3, -0.25) is 14.7 Å². The number of hydrogen-bond donors (Lipinski definition) is 1. The first-order valence-electron chi connectivity index (χ1n) is 11.0. The van der Waals surface area contributed by atoms with Crippen molar-refractivity contribution in [1.82, 2.24) is 19.7 Å². The van der Waals surface area contributed by atoms with Gasteiger partial charge in [0, 0.05) is 30.4 Å². The van der Waals surface area contributed by atoms with Crippen LogP contribution in [0.1, 0.15) is 18.2 Å². The van der Waals surface area contributed by atoms with Crippen LogP contribution in [0.5, 0.6) is 0 Å². The highest BCUT2D eigenvalue weighted by Gasteiger charge is 2.31. The largest absolute Gasteiger partial charge is 0.447 e. The number of aryl methyl sites for hydroxylation is 1. The number of pyridine rings is 1. The molecule has 1 aromatic carbocycles. The molecule has 0 saturated carbocycles. The number of carbonyl (C=O) groups is 2. The highest BCUT2D eigenvalue weighted by molar-refractivity contribution is 7.19. The molecule has 0 bridgehead atoms. The predicted octanol–water partition coefficient (Wildman–Crippen LogP) is 4.21. The molecule has 9 nitrogen and oxygen atoms in total. The van der Waals surface area contributed by atoms with Crippen molar-refractivity contribution in [3.63, 3.8) is 0 Å². The van der Waals surface area contributed by atoms with Gasteiger partial charge in [0.05, 0.1) is 34.2 Å². The van der Waals surface area contributed by atoms with Crippen LogP contribution in [-0.4, -0.2) is 44.9 Å². The van der Waals surface area contributed by atoms with Crippen LogP contribution in [0.4, 0.5) is 20.0 Å². The van der Waals surface area contributed by atoms with E-state index in [9.17, 15) is 9.59 Å². The number of nitrogens with one attached hydrogen (secondary N) is 1. The summed E-state index contributed by atoms with van der Waals surface area (Å²) in [5, 5.41) is 8.07. The molecule has 2 aliphatic rings. The zero-order valence-corrected chi connectivity index (χ0v) is 19.4. The topological polar surface area (TPSA) is 102 Å². The highest BCUT2D eigenvalue weighted by atomic mass is 32.1. The van der Waals surface area contributed by atoms with E-state index in [0.717, 1.165) is 33.1 Å². The number of fused-ring (bicyclic) bond motifs is 3. The van der Waals surface area contributed by atoms with Gasteiger partial charge in [0.1, 0.15) is 12.3 Å². The molecule has 1 fully saturated rings. The normalized spacial score (nSPS) is 14.5. The zero-order valence-electron chi connectivity index (χ0n) is 18.6. The van der Waals surface area contributed by atoms with Gasteiger partial charge in [0.25, 0.3) is 0 Å². The SMILES string of the molecule is CC(=O)Nc1nc2c(s1)-c1c(c(-c3cccnc3)nn1-c1ccc(N3CCOC3=O)cc1F)CC2. The Balaban J connectivity index is 1.52. The van der Waals surface area contributed by atoms with Crippen molar-refractivity contribution in [2.24, 2.45) is 0 Å². The fourth-order valence-corrected chi connectivity index (χ4v) is 5.56. The molecule has 1 N–H and O–H groups in total. The molecule has 11 heteroatoms. The molecule has 6 rings (SSSR count). The lowest BCUT2D eigenvalue weighted by atomic mass is 9.95. The maximum atomic E-state index is 15.5. The van der Waals surface area contributed by atoms with E-state index < -0.39 is 11.9 Å². The molecule has 0 atom stereocenters. The van der Waals surface area contributed by atoms with Gasteiger partial charge in [-0.1, -0.05) is 11.3 Å². The van der Waals surface area contributed by atoms with E-state index in [0.29, 0.717) is 30.2 Å². The molecule has 1 aliphatic carbocycles. The molecule has 1 aliphatic heterocycles. The second-order valence-corrected chi connectivity index (χ2v) is 9.21. The van der Waals surface area contributed by atoms with Gasteiger partial charge < -0.3 is 10.1 Å². The molecular formula is C24H19FN6O3S. The monoisotopic (exact) mass is 490 g/mol. The Kier molecular flexibility index (Phi) is 5.06. The Morgan fingerprint density at radius 3 is 2.86 bits per heavy atom. The first kappa shape index (κ1) is 21.4. The third-order valence-electron chi connectivity index (χ3n) is 5.96. The van der Waals surface area contributed by atoms with Crippen molar-refractivity contribution < 1.29 is 18.7 Å². The zero-order chi connectivity index (χ0) is 24.1. The van der Waals surface area contributed by atoms with E-state index in [1.807, 2.05) is 12.1 Å². The highest BCUT2D eigenvalue weighted by Crippen LogP contribution is 2.44. The van der Waals surface area contributed by atoms with Crippen LogP contribution in [0.25, 0.3) is 27.5 Å². The number of nitrogens with zero attached hydrogens (tertiary/aromatic N) is 5. The lowest BCUT2D eigenvalue weighted by molar-refractivity contribution is -0.114. The molecule has 2 amide bonds. The summed E-state index contributed by atoms with van der Waals surface area (Å²) in [6.07, 6.45) is 4.27. The van der Waals surface area contributed by atoms with Crippen molar-refractivity contribution in [2.45, 2.75) is 19.8 Å². The van der Waals surface area contributed by atoms with Gasteiger partial charge in [0.2, 0.25) is 5.91 Å². The minimum atomic E-state index is -0.524. The van der Waals surface area contributed by atoms with Gasteiger partial charge in [0.15, 0.2) is 10.9 Å². The van der Waals surface area contributed by atoms with Crippen LogP contribution in [0, 0.1) is 5.82 Å². The third-order valence-corrected chi connectivity index (χ3v) is 6.98. The van der Waals surface area contributed by atoms with Crippen LogP contribution in [-0.2, 0) is 22.4 Å². The summed E-state index contributed by atoms with van der Waals surface area (Å²) in [5.41, 5.74) is 4.77. The molecule has 0 spiro atoms. The number of benzene rings is 1. The summed E-state index contributed by atoms with van der Waals surface area (Å²) < 4.78 is 22.1. The minimum Gasteiger partial charge on any atom is -0.447 e. The van der Waals surface area contributed by atoms with E-state index in [2.05, 4.69) is 15.3 Å². The molecule has 1 saturated heterocycles. The first-order valence-corrected chi connectivity index (χ1v) is 11.9. The van der Waals surface area contributed by atoms with Gasteiger partial charge in [-0.15, -0.1) is 0 Å². The fourth-order valence-electron chi connectivity index (χ4n) is 4.45. The number of amides is 2. The van der Waals surface area contributed by atoms with Crippen LogP contribution >= 0.6 is 11.3 Å². The fraction of sp³-hybridized carbons (Fsp3) is 0.208. The molecular weight excluding hydrogens is 471 g/mol. The van der Waals surface area contributed by atoms with Crippen molar-refractivity contribution in [1.29, 1.82) is 0 Å². The number of thiazole rings is 1. The summed E-state index contributed by atoms with van der Waals surface area (Å²) >= 11 is 1.34. The third kappa shape index (κ3) is 3.64. The summed E-state index contributed by atoms with van der Waals surface area (Å²) in [6, 6.07) is 8.37. The maximum absolute atomic E-state index is 15.5. The Hall–Kier alpha value is -4.12. The second kappa shape index (κ2) is 8.27. The molecule has 0 radical (unpaired) electrons. The lowest BCUT2D eigenvalue weighted by Crippen LogP contribution is -2.23. The number of rotatable bonds is 4. The molecule has 3 aromatic heterocycles. The number of carbonyl (C=O) groups excluding carboxylic acids is 2. The van der Waals surface area contributed by atoms with Gasteiger partial charge >= 0.3 is 6.09 Å². The van der Waals surface area contributed by atoms with Crippen LogP contribution < -0.4 is 10.2 Å². The van der Waals surface area contributed by atoms with Crippen LogP contribution in [0.15, 0.2) is 42.7 Å². The van der Waals surface area contributed by atoms with E-state index >= 15 is 4.39 Å². The molecule has 35 heavy (non-hydrogen) atoms. The molecule has 4 aromatic rings. The number of anilines is 2. The van der Waals surface area contributed by atoms with E-state index in [4.69, 9.17) is 9.84 Å². The van der Waals surface area contributed by atoms with Crippen molar-refractivity contribution in [2.75, 3.05) is 23.4 Å². The number of aromatic nitrogens is 4.